The second-order valence-electron chi connectivity index (χ2n) is 0.803. The van der Waals surface area contributed by atoms with Gasteiger partial charge in [-0.15, -0.1) is 0 Å². The van der Waals surface area contributed by atoms with E-state index in [9.17, 15) is 13.2 Å². The minimum atomic E-state index is -5.08. The Bertz CT molecular complexity index is 87.8. The third-order valence-corrected chi connectivity index (χ3v) is 0.243. The number of alkyl halides is 3. The zero-order valence-electron chi connectivity index (χ0n) is 3.99. The van der Waals surface area contributed by atoms with E-state index in [1.54, 1.807) is 0 Å². The molecular formula is C2HF3NaO2. The van der Waals surface area contributed by atoms with E-state index in [-0.39, 0.29) is 29.6 Å². The number of carbonyl (C=O) groups is 1. The van der Waals surface area contributed by atoms with Crippen LogP contribution in [-0.2, 0) is 4.79 Å². The predicted molar refractivity (Wildman–Crippen MR) is 19.4 cm³/mol. The second-order valence-corrected chi connectivity index (χ2v) is 0.803. The fourth-order valence-corrected chi connectivity index (χ4v) is 0. The second kappa shape index (κ2) is 3.32. The van der Waals surface area contributed by atoms with Crippen LogP contribution in [0.4, 0.5) is 13.2 Å². The van der Waals surface area contributed by atoms with E-state index in [4.69, 9.17) is 9.90 Å². The molecule has 0 saturated carbocycles. The zero-order valence-corrected chi connectivity index (χ0v) is 5.99. The van der Waals surface area contributed by atoms with Crippen molar-refractivity contribution in [3.8, 4) is 0 Å². The molecular weight excluding hydrogens is 136 g/mol. The van der Waals surface area contributed by atoms with Gasteiger partial charge >= 0.3 is 12.1 Å². The molecule has 0 bridgehead atoms. The molecule has 0 aliphatic heterocycles. The van der Waals surface area contributed by atoms with Crippen molar-refractivity contribution < 1.29 is 23.1 Å². The number of carboxylic acid groups (broad SMARTS) is 1. The normalized spacial score (nSPS) is 9.88. The van der Waals surface area contributed by atoms with E-state index in [1.807, 2.05) is 0 Å². The molecule has 8 heavy (non-hydrogen) atoms. The smallest absolute Gasteiger partial charge is 0.475 e. The SMILES string of the molecule is O=C(O)C(F)(F)F.[Na]. The van der Waals surface area contributed by atoms with Gasteiger partial charge in [0, 0.05) is 29.6 Å². The molecule has 0 fully saturated rings. The molecule has 0 aliphatic rings. The summed E-state index contributed by atoms with van der Waals surface area (Å²) in [5.74, 6) is -2.76. The van der Waals surface area contributed by atoms with Crippen LogP contribution in [-0.4, -0.2) is 46.8 Å². The number of hydrogen-bond acceptors (Lipinski definition) is 1. The number of halogens is 3. The molecule has 6 heteroatoms. The van der Waals surface area contributed by atoms with Crippen LogP contribution in [0.1, 0.15) is 0 Å². The van der Waals surface area contributed by atoms with Gasteiger partial charge in [-0.1, -0.05) is 0 Å². The maximum atomic E-state index is 10.6. The van der Waals surface area contributed by atoms with Gasteiger partial charge < -0.3 is 5.11 Å². The minimum absolute atomic E-state index is 0. The Morgan fingerprint density at radius 1 is 1.38 bits per heavy atom. The Hall–Kier alpha value is 0.260. The first-order valence-electron chi connectivity index (χ1n) is 1.24. The fourth-order valence-electron chi connectivity index (χ4n) is 0. The molecule has 1 N–H and O–H groups in total. The van der Waals surface area contributed by atoms with Crippen LogP contribution >= 0.6 is 0 Å². The van der Waals surface area contributed by atoms with Gasteiger partial charge in [0.2, 0.25) is 0 Å². The van der Waals surface area contributed by atoms with E-state index in [0.717, 1.165) is 0 Å². The third-order valence-electron chi connectivity index (χ3n) is 0.243. The van der Waals surface area contributed by atoms with Crippen molar-refractivity contribution >= 4 is 35.5 Å². The Balaban J connectivity index is 0. The fraction of sp³-hybridized carbons (Fsp3) is 0.500. The molecule has 0 rings (SSSR count). The van der Waals surface area contributed by atoms with Gasteiger partial charge in [-0.25, -0.2) is 4.79 Å². The van der Waals surface area contributed by atoms with Gasteiger partial charge in [0.05, 0.1) is 0 Å². The van der Waals surface area contributed by atoms with Crippen LogP contribution in [0.3, 0.4) is 0 Å². The Labute approximate surface area is 65.0 Å². The van der Waals surface area contributed by atoms with Crippen molar-refractivity contribution in [2.75, 3.05) is 0 Å². The van der Waals surface area contributed by atoms with Crippen LogP contribution in [0.15, 0.2) is 0 Å². The van der Waals surface area contributed by atoms with Crippen molar-refractivity contribution in [3.63, 3.8) is 0 Å². The first kappa shape index (κ1) is 11.1. The van der Waals surface area contributed by atoms with E-state index in [2.05, 4.69) is 0 Å². The van der Waals surface area contributed by atoms with Gasteiger partial charge in [0.1, 0.15) is 0 Å². The summed E-state index contributed by atoms with van der Waals surface area (Å²) in [5, 5.41) is 7.12. The van der Waals surface area contributed by atoms with Crippen molar-refractivity contribution in [3.05, 3.63) is 0 Å². The monoisotopic (exact) mass is 137 g/mol. The van der Waals surface area contributed by atoms with E-state index in [1.165, 1.54) is 0 Å². The summed E-state index contributed by atoms with van der Waals surface area (Å²) < 4.78 is 31.7. The summed E-state index contributed by atoms with van der Waals surface area (Å²) in [5.41, 5.74) is 0. The van der Waals surface area contributed by atoms with Gasteiger partial charge in [0.15, 0.2) is 0 Å². The largest absolute Gasteiger partial charge is 0.490 e. The first-order valence-corrected chi connectivity index (χ1v) is 1.24. The molecule has 0 unspecified atom stereocenters. The van der Waals surface area contributed by atoms with Crippen LogP contribution in [0.2, 0.25) is 0 Å². The molecule has 0 saturated heterocycles. The molecule has 1 radical (unpaired) electrons. The molecule has 0 aromatic carbocycles. The van der Waals surface area contributed by atoms with Gasteiger partial charge in [-0.2, -0.15) is 13.2 Å². The zero-order chi connectivity index (χ0) is 6.08. The summed E-state index contributed by atoms with van der Waals surface area (Å²) in [6.07, 6.45) is -5.08. The molecule has 0 atom stereocenters. The molecule has 0 aromatic heterocycles. The van der Waals surface area contributed by atoms with Crippen LogP contribution in [0, 0.1) is 0 Å². The molecule has 43 valence electrons. The Morgan fingerprint density at radius 2 is 1.50 bits per heavy atom. The summed E-state index contributed by atoms with van der Waals surface area (Å²) in [4.78, 5) is 8.90. The summed E-state index contributed by atoms with van der Waals surface area (Å²) >= 11 is 0. The van der Waals surface area contributed by atoms with Gasteiger partial charge in [0.25, 0.3) is 0 Å². The first-order chi connectivity index (χ1) is 2.94. The van der Waals surface area contributed by atoms with Crippen molar-refractivity contribution in [1.82, 2.24) is 0 Å². The average molecular weight is 137 g/mol. The maximum absolute atomic E-state index is 10.6. The van der Waals surface area contributed by atoms with Crippen LogP contribution < -0.4 is 0 Å². The topological polar surface area (TPSA) is 37.3 Å². The third kappa shape index (κ3) is 4.42. The molecule has 2 nitrogen and oxygen atoms in total. The molecule has 0 spiro atoms. The molecule has 0 aromatic rings. The minimum Gasteiger partial charge on any atom is -0.475 e. The summed E-state index contributed by atoms with van der Waals surface area (Å²) in [6, 6.07) is 0. The standard InChI is InChI=1S/C2HF3O2.Na/c3-2(4,5)1(6)7;/h(H,6,7);. The van der Waals surface area contributed by atoms with Crippen molar-refractivity contribution in [1.29, 1.82) is 0 Å². The van der Waals surface area contributed by atoms with Crippen LogP contribution in [0.5, 0.6) is 0 Å². The molecule has 0 amide bonds. The predicted octanol–water partition coefficient (Wildman–Crippen LogP) is 0.253. The van der Waals surface area contributed by atoms with Gasteiger partial charge in [-0.3, -0.25) is 0 Å². The van der Waals surface area contributed by atoms with E-state index in [0.29, 0.717) is 0 Å². The summed E-state index contributed by atoms with van der Waals surface area (Å²) in [6.45, 7) is 0. The Kier molecular flexibility index (Phi) is 4.61. The maximum Gasteiger partial charge on any atom is 0.490 e. The average Bonchev–Trinajstić information content (AvgIpc) is 1.31. The number of rotatable bonds is 0. The Morgan fingerprint density at radius 3 is 1.50 bits per heavy atom. The van der Waals surface area contributed by atoms with Gasteiger partial charge in [-0.05, 0) is 0 Å². The summed E-state index contributed by atoms with van der Waals surface area (Å²) in [7, 11) is 0. The number of carboxylic acids is 1. The molecule has 0 aliphatic carbocycles. The van der Waals surface area contributed by atoms with E-state index < -0.39 is 12.1 Å². The quantitative estimate of drug-likeness (QED) is 0.486. The van der Waals surface area contributed by atoms with Crippen LogP contribution in [0.25, 0.3) is 0 Å². The van der Waals surface area contributed by atoms with E-state index >= 15 is 0 Å². The van der Waals surface area contributed by atoms with Crippen molar-refractivity contribution in [2.45, 2.75) is 6.18 Å². The number of aliphatic carboxylic acids is 1. The number of hydrogen-bond donors (Lipinski definition) is 1. The molecule has 0 heterocycles. The van der Waals surface area contributed by atoms with Crippen molar-refractivity contribution in [2.24, 2.45) is 0 Å².